The minimum absolute atomic E-state index is 0.0253. The molecule has 0 aliphatic carbocycles. The van der Waals surface area contributed by atoms with E-state index in [4.69, 9.17) is 12.2 Å². The number of carbonyl (C=O) groups is 2. The maximum absolute atomic E-state index is 12.6. The smallest absolute Gasteiger partial charge is 0.314 e. The first kappa shape index (κ1) is 19.0. The summed E-state index contributed by atoms with van der Waals surface area (Å²) in [4.78, 5) is 38.2. The number of allylic oxidation sites excluding steroid dienone is 2. The summed E-state index contributed by atoms with van der Waals surface area (Å²) in [6.07, 6.45) is 5.31. The summed E-state index contributed by atoms with van der Waals surface area (Å²) in [6.45, 7) is 3.67. The fourth-order valence-corrected chi connectivity index (χ4v) is 2.48. The van der Waals surface area contributed by atoms with Gasteiger partial charge in [0, 0.05) is 32.4 Å². The van der Waals surface area contributed by atoms with Crippen molar-refractivity contribution in [1.82, 2.24) is 25.3 Å². The standard InChI is InChI=1S/C15H16N6O4S/c1-4-5-20-14(23)10(13(22)17-15(20)26)6-9(8-19(2)3)12-11(21(24)25)7-16-18-12/h4,6-8H,1,5H2,2-3H3,(H,16,18)(H,17,22,26)/b9-8-,10-6-. The van der Waals surface area contributed by atoms with Crippen molar-refractivity contribution in [1.29, 1.82) is 0 Å². The fraction of sp³-hybridized carbons (Fsp3) is 0.200. The van der Waals surface area contributed by atoms with Crippen LogP contribution in [0.5, 0.6) is 0 Å². The molecule has 1 saturated heterocycles. The molecule has 10 nitrogen and oxygen atoms in total. The number of nitro groups is 1. The van der Waals surface area contributed by atoms with Crippen molar-refractivity contribution in [2.75, 3.05) is 20.6 Å². The average molecular weight is 376 g/mol. The highest BCUT2D eigenvalue weighted by atomic mass is 32.1. The maximum Gasteiger partial charge on any atom is 0.314 e. The van der Waals surface area contributed by atoms with Gasteiger partial charge in [-0.25, -0.2) is 0 Å². The summed E-state index contributed by atoms with van der Waals surface area (Å²) >= 11 is 4.99. The molecule has 26 heavy (non-hydrogen) atoms. The lowest BCUT2D eigenvalue weighted by Gasteiger charge is -2.27. The zero-order valence-electron chi connectivity index (χ0n) is 14.1. The van der Waals surface area contributed by atoms with Gasteiger partial charge in [0.25, 0.3) is 11.8 Å². The molecule has 1 aromatic rings. The molecule has 2 amide bonds. The van der Waals surface area contributed by atoms with Crippen molar-refractivity contribution < 1.29 is 14.5 Å². The number of nitrogens with zero attached hydrogens (tertiary/aromatic N) is 4. The summed E-state index contributed by atoms with van der Waals surface area (Å²) in [6, 6.07) is 0. The summed E-state index contributed by atoms with van der Waals surface area (Å²) in [5, 5.41) is 19.8. The molecule has 2 N–H and O–H groups in total. The van der Waals surface area contributed by atoms with Crippen molar-refractivity contribution in [3.63, 3.8) is 0 Å². The van der Waals surface area contributed by atoms with Gasteiger partial charge in [-0.15, -0.1) is 6.58 Å². The number of aromatic nitrogens is 2. The van der Waals surface area contributed by atoms with Gasteiger partial charge >= 0.3 is 5.69 Å². The van der Waals surface area contributed by atoms with Gasteiger partial charge in [0.05, 0.1) is 4.92 Å². The molecule has 0 unspecified atom stereocenters. The van der Waals surface area contributed by atoms with Crippen molar-refractivity contribution in [2.45, 2.75) is 0 Å². The van der Waals surface area contributed by atoms with Gasteiger partial charge in [0.1, 0.15) is 17.5 Å². The van der Waals surface area contributed by atoms with Crippen LogP contribution in [0.1, 0.15) is 5.69 Å². The average Bonchev–Trinajstić information content (AvgIpc) is 3.03. The number of amides is 2. The first-order valence-electron chi connectivity index (χ1n) is 7.32. The van der Waals surface area contributed by atoms with Crippen LogP contribution >= 0.6 is 12.2 Å². The largest absolute Gasteiger partial charge is 0.383 e. The van der Waals surface area contributed by atoms with Crippen molar-refractivity contribution in [2.24, 2.45) is 0 Å². The van der Waals surface area contributed by atoms with E-state index >= 15 is 0 Å². The highest BCUT2D eigenvalue weighted by Gasteiger charge is 2.33. The summed E-state index contributed by atoms with van der Waals surface area (Å²) in [5.74, 6) is -1.31. The minimum Gasteiger partial charge on any atom is -0.383 e. The molecule has 0 atom stereocenters. The van der Waals surface area contributed by atoms with Crippen LogP contribution < -0.4 is 5.32 Å². The Morgan fingerprint density at radius 3 is 2.77 bits per heavy atom. The summed E-state index contributed by atoms with van der Waals surface area (Å²) < 4.78 is 0. The Hall–Kier alpha value is -3.34. The van der Waals surface area contributed by atoms with Gasteiger partial charge in [0.15, 0.2) is 5.11 Å². The topological polar surface area (TPSA) is 124 Å². The van der Waals surface area contributed by atoms with Crippen LogP contribution in [0.25, 0.3) is 5.57 Å². The van der Waals surface area contributed by atoms with Crippen LogP contribution in [0.3, 0.4) is 0 Å². The SMILES string of the molecule is C=CCN1C(=O)/C(=C\C(=C\N(C)C)c2[nH]ncc2[N+](=O)[O-])C(=O)NC1=S. The quantitative estimate of drug-likeness (QED) is 0.186. The summed E-state index contributed by atoms with van der Waals surface area (Å²) in [7, 11) is 3.39. The minimum atomic E-state index is -0.688. The molecular formula is C15H16N6O4S. The number of nitrogens with one attached hydrogen (secondary N) is 2. The predicted octanol–water partition coefficient (Wildman–Crippen LogP) is 0.576. The van der Waals surface area contributed by atoms with E-state index in [0.29, 0.717) is 0 Å². The van der Waals surface area contributed by atoms with Crippen LogP contribution in [0.4, 0.5) is 5.69 Å². The second kappa shape index (κ2) is 7.70. The number of H-pyrrole nitrogens is 1. The fourth-order valence-electron chi connectivity index (χ4n) is 2.23. The van der Waals surface area contributed by atoms with Gasteiger partial charge < -0.3 is 4.90 Å². The lowest BCUT2D eigenvalue weighted by Crippen LogP contribution is -2.53. The Morgan fingerprint density at radius 1 is 1.50 bits per heavy atom. The van der Waals surface area contributed by atoms with E-state index in [9.17, 15) is 19.7 Å². The Morgan fingerprint density at radius 2 is 2.19 bits per heavy atom. The number of rotatable bonds is 6. The normalized spacial score (nSPS) is 16.7. The van der Waals surface area contributed by atoms with E-state index < -0.39 is 16.7 Å². The lowest BCUT2D eigenvalue weighted by atomic mass is 10.1. The molecule has 0 bridgehead atoms. The zero-order valence-corrected chi connectivity index (χ0v) is 14.9. The molecule has 1 aromatic heterocycles. The summed E-state index contributed by atoms with van der Waals surface area (Å²) in [5.41, 5.74) is -0.182. The molecule has 0 aromatic carbocycles. The van der Waals surface area contributed by atoms with E-state index in [0.717, 1.165) is 6.20 Å². The Balaban J connectivity index is 2.55. The molecular weight excluding hydrogens is 360 g/mol. The van der Waals surface area contributed by atoms with E-state index in [1.165, 1.54) is 23.3 Å². The molecule has 2 heterocycles. The Kier molecular flexibility index (Phi) is 5.62. The van der Waals surface area contributed by atoms with Gasteiger partial charge in [-0.3, -0.25) is 35.0 Å². The third-order valence-corrected chi connectivity index (χ3v) is 3.62. The molecule has 0 spiro atoms. The lowest BCUT2D eigenvalue weighted by molar-refractivity contribution is -0.385. The maximum atomic E-state index is 12.6. The molecule has 0 saturated carbocycles. The second-order valence-electron chi connectivity index (χ2n) is 5.46. The molecule has 1 fully saturated rings. The molecule has 136 valence electrons. The third kappa shape index (κ3) is 3.83. The van der Waals surface area contributed by atoms with Crippen LogP contribution in [0, 0.1) is 10.1 Å². The first-order chi connectivity index (χ1) is 12.3. The molecule has 11 heteroatoms. The van der Waals surface area contributed by atoms with Crippen LogP contribution in [0.15, 0.2) is 36.7 Å². The predicted molar refractivity (Wildman–Crippen MR) is 97.6 cm³/mol. The van der Waals surface area contributed by atoms with E-state index in [1.807, 2.05) is 0 Å². The van der Waals surface area contributed by atoms with Crippen LogP contribution in [-0.4, -0.2) is 62.5 Å². The van der Waals surface area contributed by atoms with Gasteiger partial charge in [-0.1, -0.05) is 6.08 Å². The third-order valence-electron chi connectivity index (χ3n) is 3.30. The number of carbonyl (C=O) groups excluding carboxylic acids is 2. The van der Waals surface area contributed by atoms with Crippen LogP contribution in [0.2, 0.25) is 0 Å². The van der Waals surface area contributed by atoms with E-state index in [2.05, 4.69) is 22.1 Å². The Bertz CT molecular complexity index is 854. The molecule has 2 rings (SSSR count). The van der Waals surface area contributed by atoms with Gasteiger partial charge in [-0.2, -0.15) is 5.10 Å². The highest BCUT2D eigenvalue weighted by molar-refractivity contribution is 7.80. The van der Waals surface area contributed by atoms with Crippen LogP contribution in [-0.2, 0) is 9.59 Å². The molecule has 0 radical (unpaired) electrons. The van der Waals surface area contributed by atoms with Gasteiger partial charge in [0.2, 0.25) is 0 Å². The second-order valence-corrected chi connectivity index (χ2v) is 5.84. The number of hydrogen-bond acceptors (Lipinski definition) is 7. The Labute approximate surface area is 154 Å². The van der Waals surface area contributed by atoms with E-state index in [1.54, 1.807) is 19.0 Å². The van der Waals surface area contributed by atoms with Gasteiger partial charge in [-0.05, 0) is 18.3 Å². The molecule has 1 aliphatic rings. The molecule has 1 aliphatic heterocycles. The van der Waals surface area contributed by atoms with Crippen molar-refractivity contribution in [3.05, 3.63) is 52.5 Å². The monoisotopic (exact) mass is 376 g/mol. The number of aromatic amines is 1. The zero-order chi connectivity index (χ0) is 19.4. The number of thiocarbonyl (C=S) groups is 1. The number of hydrogen-bond donors (Lipinski definition) is 2. The van der Waals surface area contributed by atoms with E-state index in [-0.39, 0.29) is 34.2 Å². The van der Waals surface area contributed by atoms with Crippen molar-refractivity contribution in [3.8, 4) is 0 Å². The highest BCUT2D eigenvalue weighted by Crippen LogP contribution is 2.26. The first-order valence-corrected chi connectivity index (χ1v) is 7.73. The van der Waals surface area contributed by atoms with Crippen molar-refractivity contribution >= 4 is 40.4 Å².